The van der Waals surface area contributed by atoms with Gasteiger partial charge in [0, 0.05) is 55.5 Å². The smallest absolute Gasteiger partial charge is 0.143 e. The Morgan fingerprint density at radius 2 is 0.873 bits per heavy atom. The second-order valence-corrected chi connectivity index (χ2v) is 19.9. The van der Waals surface area contributed by atoms with E-state index in [-0.39, 0.29) is 5.41 Å². The molecule has 0 aliphatic heterocycles. The van der Waals surface area contributed by atoms with Crippen molar-refractivity contribution in [2.45, 2.75) is 24.7 Å². The zero-order valence-corrected chi connectivity index (χ0v) is 39.3. The number of furan rings is 2. The van der Waals surface area contributed by atoms with Crippen LogP contribution in [-0.4, -0.2) is 0 Å². The number of benzene rings is 10. The van der Waals surface area contributed by atoms with E-state index in [9.17, 15) is 0 Å². The average molecular weight is 908 g/mol. The molecule has 2 aromatic heterocycles. The highest BCUT2D eigenvalue weighted by atomic mass is 16.3. The van der Waals surface area contributed by atoms with Gasteiger partial charge >= 0.3 is 0 Å². The lowest BCUT2D eigenvalue weighted by molar-refractivity contribution is 0.485. The molecule has 0 radical (unpaired) electrons. The third kappa shape index (κ3) is 5.49. The monoisotopic (exact) mass is 907 g/mol. The third-order valence-corrected chi connectivity index (χ3v) is 15.9. The summed E-state index contributed by atoms with van der Waals surface area (Å²) in [4.78, 5) is 2.41. The van der Waals surface area contributed by atoms with E-state index in [0.717, 1.165) is 83.9 Å². The van der Waals surface area contributed by atoms with E-state index in [1.165, 1.54) is 55.6 Å². The molecule has 0 saturated carbocycles. The molecule has 3 aliphatic carbocycles. The minimum atomic E-state index is -0.617. The summed E-state index contributed by atoms with van der Waals surface area (Å²) in [5.74, 6) is 1.83. The Kier molecular flexibility index (Phi) is 8.34. The molecule has 3 aliphatic rings. The van der Waals surface area contributed by atoms with Gasteiger partial charge in [-0.15, -0.1) is 0 Å². The van der Waals surface area contributed by atoms with Gasteiger partial charge < -0.3 is 13.7 Å². The van der Waals surface area contributed by atoms with Gasteiger partial charge in [0.15, 0.2) is 0 Å². The van der Waals surface area contributed by atoms with Crippen LogP contribution in [0.1, 0.15) is 47.4 Å². The Morgan fingerprint density at radius 3 is 1.62 bits per heavy atom. The van der Waals surface area contributed by atoms with Crippen molar-refractivity contribution in [3.8, 4) is 67.0 Å². The molecule has 12 aromatic rings. The Balaban J connectivity index is 0.939. The number of rotatable bonds is 6. The van der Waals surface area contributed by atoms with E-state index in [1.54, 1.807) is 0 Å². The van der Waals surface area contributed by atoms with Gasteiger partial charge in [-0.1, -0.05) is 208 Å². The van der Waals surface area contributed by atoms with Crippen LogP contribution in [0, 0.1) is 0 Å². The summed E-state index contributed by atoms with van der Waals surface area (Å²) in [7, 11) is 0. The van der Waals surface area contributed by atoms with Gasteiger partial charge in [0.1, 0.15) is 28.1 Å². The normalized spacial score (nSPS) is 14.0. The van der Waals surface area contributed by atoms with Crippen LogP contribution in [0.2, 0.25) is 0 Å². The van der Waals surface area contributed by atoms with Crippen molar-refractivity contribution in [2.24, 2.45) is 0 Å². The summed E-state index contributed by atoms with van der Waals surface area (Å²) >= 11 is 0. The van der Waals surface area contributed by atoms with E-state index in [2.05, 4.69) is 243 Å². The summed E-state index contributed by atoms with van der Waals surface area (Å²) in [5.41, 5.74) is 23.5. The number of hydrogen-bond acceptors (Lipinski definition) is 3. The molecule has 0 bridgehead atoms. The van der Waals surface area contributed by atoms with Gasteiger partial charge in [-0.2, -0.15) is 0 Å². The largest absolute Gasteiger partial charge is 0.458 e. The predicted molar refractivity (Wildman–Crippen MR) is 291 cm³/mol. The second-order valence-electron chi connectivity index (χ2n) is 19.9. The second kappa shape index (κ2) is 14.8. The fourth-order valence-corrected chi connectivity index (χ4v) is 12.8. The lowest BCUT2D eigenvalue weighted by Crippen LogP contribution is -2.25. The molecule has 0 N–H and O–H groups in total. The standard InChI is InChI=1S/C68H45NO2/c1-67(2)56-29-11-6-22-49(56)52-39-38-47(41-60(52)67)69(45-36-34-42(35-37-45)48-27-17-28-54-53-25-10-15-33-61(53)70-65(48)54)46-21-16-20-44(40-46)64-62(43-18-4-3-5-19-43)63-55-26-9-14-32-59(55)68(66(63)71-64)57-30-12-7-23-50(57)51-24-8-13-31-58(51)68/h3-41H,1-2H3. The van der Waals surface area contributed by atoms with Crippen LogP contribution >= 0.6 is 0 Å². The van der Waals surface area contributed by atoms with E-state index in [0.29, 0.717) is 0 Å². The fraction of sp³-hybridized carbons (Fsp3) is 0.0588. The molecular weight excluding hydrogens is 863 g/mol. The highest BCUT2D eigenvalue weighted by Gasteiger charge is 2.55. The number of fused-ring (bicyclic) bond motifs is 16. The summed E-state index contributed by atoms with van der Waals surface area (Å²) in [5, 5.41) is 2.25. The summed E-state index contributed by atoms with van der Waals surface area (Å²) in [6.07, 6.45) is 0. The molecule has 71 heavy (non-hydrogen) atoms. The predicted octanol–water partition coefficient (Wildman–Crippen LogP) is 18.3. The van der Waals surface area contributed by atoms with E-state index in [1.807, 2.05) is 12.1 Å². The van der Waals surface area contributed by atoms with Crippen molar-refractivity contribution in [1.82, 2.24) is 0 Å². The van der Waals surface area contributed by atoms with Gasteiger partial charge in [0.25, 0.3) is 0 Å². The van der Waals surface area contributed by atoms with Crippen molar-refractivity contribution < 1.29 is 8.83 Å². The van der Waals surface area contributed by atoms with Gasteiger partial charge in [0.2, 0.25) is 0 Å². The van der Waals surface area contributed by atoms with Gasteiger partial charge in [0.05, 0.1) is 0 Å². The first-order valence-corrected chi connectivity index (χ1v) is 24.7. The van der Waals surface area contributed by atoms with Crippen LogP contribution in [0.15, 0.2) is 245 Å². The van der Waals surface area contributed by atoms with Crippen LogP contribution in [0.3, 0.4) is 0 Å². The average Bonchev–Trinajstić information content (AvgIpc) is 4.23. The maximum absolute atomic E-state index is 7.70. The number of hydrogen-bond donors (Lipinski definition) is 0. The number of nitrogens with zero attached hydrogens (tertiary/aromatic N) is 1. The zero-order chi connectivity index (χ0) is 47.0. The van der Waals surface area contributed by atoms with Crippen molar-refractivity contribution in [3.05, 3.63) is 270 Å². The van der Waals surface area contributed by atoms with Crippen molar-refractivity contribution in [1.29, 1.82) is 0 Å². The summed E-state index contributed by atoms with van der Waals surface area (Å²) in [6.45, 7) is 4.71. The van der Waals surface area contributed by atoms with Crippen LogP contribution in [0.25, 0.3) is 88.9 Å². The maximum Gasteiger partial charge on any atom is 0.143 e. The van der Waals surface area contributed by atoms with Crippen LogP contribution in [0.5, 0.6) is 0 Å². The highest BCUT2D eigenvalue weighted by Crippen LogP contribution is 2.66. The van der Waals surface area contributed by atoms with E-state index < -0.39 is 5.41 Å². The number of anilines is 3. The minimum Gasteiger partial charge on any atom is -0.458 e. The Morgan fingerprint density at radius 1 is 0.338 bits per heavy atom. The van der Waals surface area contributed by atoms with Crippen molar-refractivity contribution in [2.75, 3.05) is 4.90 Å². The Bertz CT molecular complexity index is 4100. The molecule has 2 heterocycles. The molecular formula is C68H45NO2. The SMILES string of the molecule is CC1(C)c2ccccc2-c2ccc(N(c3ccc(-c4cccc5c4oc4ccccc45)cc3)c3cccc(-c4oc5c(c4-c4ccccc4)-c4ccccc4C54c5ccccc5-c5ccccc54)c3)cc21. The molecule has 3 nitrogen and oxygen atoms in total. The third-order valence-electron chi connectivity index (χ3n) is 15.9. The molecule has 0 atom stereocenters. The molecule has 1 spiro atoms. The zero-order valence-electron chi connectivity index (χ0n) is 39.3. The molecule has 0 fully saturated rings. The molecule has 0 unspecified atom stereocenters. The lowest BCUT2D eigenvalue weighted by Gasteiger charge is -2.29. The van der Waals surface area contributed by atoms with Crippen molar-refractivity contribution >= 4 is 39.0 Å². The quantitative estimate of drug-likeness (QED) is 0.166. The Labute approximate surface area is 412 Å². The molecule has 0 saturated heterocycles. The fourth-order valence-electron chi connectivity index (χ4n) is 12.8. The molecule has 10 aromatic carbocycles. The maximum atomic E-state index is 7.70. The first-order valence-electron chi connectivity index (χ1n) is 24.7. The van der Waals surface area contributed by atoms with E-state index in [4.69, 9.17) is 8.83 Å². The molecule has 334 valence electrons. The molecule has 3 heteroatoms. The van der Waals surface area contributed by atoms with E-state index >= 15 is 0 Å². The van der Waals surface area contributed by atoms with Gasteiger partial charge in [-0.05, 0) is 109 Å². The van der Waals surface area contributed by atoms with Crippen LogP contribution < -0.4 is 4.90 Å². The van der Waals surface area contributed by atoms with Crippen molar-refractivity contribution in [3.63, 3.8) is 0 Å². The topological polar surface area (TPSA) is 29.5 Å². The molecule has 15 rings (SSSR count). The van der Waals surface area contributed by atoms with Gasteiger partial charge in [-0.25, -0.2) is 0 Å². The van der Waals surface area contributed by atoms with Crippen LogP contribution in [0.4, 0.5) is 17.1 Å². The first kappa shape index (κ1) is 40.0. The lowest BCUT2D eigenvalue weighted by atomic mass is 9.73. The minimum absolute atomic E-state index is 0.173. The summed E-state index contributed by atoms with van der Waals surface area (Å²) < 4.78 is 14.2. The highest BCUT2D eigenvalue weighted by molar-refractivity contribution is 6.10. The number of para-hydroxylation sites is 2. The first-order chi connectivity index (χ1) is 35.0. The molecule has 0 amide bonds. The summed E-state index contributed by atoms with van der Waals surface area (Å²) in [6, 6.07) is 86.2. The van der Waals surface area contributed by atoms with Gasteiger partial charge in [-0.3, -0.25) is 0 Å². The van der Waals surface area contributed by atoms with Crippen LogP contribution in [-0.2, 0) is 10.8 Å². The Hall–Kier alpha value is -8.92.